The van der Waals surface area contributed by atoms with Gasteiger partial charge in [-0.05, 0) is 48.6 Å². The molecule has 0 saturated carbocycles. The Labute approximate surface area is 208 Å². The van der Waals surface area contributed by atoms with Crippen molar-refractivity contribution in [3.63, 3.8) is 0 Å². The summed E-state index contributed by atoms with van der Waals surface area (Å²) in [6.45, 7) is 7.93. The van der Waals surface area contributed by atoms with Gasteiger partial charge < -0.3 is 5.32 Å². The Morgan fingerprint density at radius 1 is 0.943 bits per heavy atom. The molecule has 1 aliphatic heterocycles. The van der Waals surface area contributed by atoms with Crippen molar-refractivity contribution in [2.24, 2.45) is 0 Å². The van der Waals surface area contributed by atoms with Crippen LogP contribution in [-0.2, 0) is 11.5 Å². The number of anilines is 1. The van der Waals surface area contributed by atoms with E-state index in [9.17, 15) is 9.59 Å². The van der Waals surface area contributed by atoms with Crippen LogP contribution in [0, 0.1) is 13.8 Å². The van der Waals surface area contributed by atoms with Crippen LogP contribution in [0.25, 0.3) is 21.3 Å². The number of amides is 1. The van der Waals surface area contributed by atoms with E-state index >= 15 is 0 Å². The first-order valence-corrected chi connectivity index (χ1v) is 12.7. The van der Waals surface area contributed by atoms with Crippen LogP contribution >= 0.6 is 11.3 Å². The minimum atomic E-state index is -0.0729. The number of fused-ring (bicyclic) bond motifs is 1. The van der Waals surface area contributed by atoms with E-state index in [4.69, 9.17) is 5.10 Å². The number of thiophene rings is 1. The van der Waals surface area contributed by atoms with Gasteiger partial charge in [0.2, 0.25) is 5.91 Å². The highest BCUT2D eigenvalue weighted by molar-refractivity contribution is 7.13. The first-order valence-electron chi connectivity index (χ1n) is 11.8. The van der Waals surface area contributed by atoms with Crippen LogP contribution in [0.5, 0.6) is 0 Å². The topological polar surface area (TPSA) is 70.5 Å². The number of carbonyl (C=O) groups is 1. The van der Waals surface area contributed by atoms with Crippen molar-refractivity contribution in [3.05, 3.63) is 81.5 Å². The molecule has 1 aliphatic rings. The summed E-state index contributed by atoms with van der Waals surface area (Å²) in [7, 11) is 0. The van der Waals surface area contributed by atoms with Gasteiger partial charge in [-0.15, -0.1) is 11.3 Å². The first kappa shape index (κ1) is 23.4. The van der Waals surface area contributed by atoms with Gasteiger partial charge in [0.1, 0.15) is 5.69 Å². The number of nitrogens with one attached hydrogen (secondary N) is 1. The third kappa shape index (κ3) is 5.05. The smallest absolute Gasteiger partial charge is 0.275 e. The fraction of sp³-hybridized carbons (Fsp3) is 0.296. The van der Waals surface area contributed by atoms with Crippen molar-refractivity contribution in [2.45, 2.75) is 20.5 Å². The second kappa shape index (κ2) is 10.1. The lowest BCUT2D eigenvalue weighted by Crippen LogP contribution is -2.49. The summed E-state index contributed by atoms with van der Waals surface area (Å²) in [5, 5.41) is 11.4. The van der Waals surface area contributed by atoms with E-state index in [1.807, 2.05) is 73.8 Å². The minimum absolute atomic E-state index is 0.000143. The molecule has 0 aliphatic carbocycles. The van der Waals surface area contributed by atoms with Crippen molar-refractivity contribution in [3.8, 4) is 10.6 Å². The van der Waals surface area contributed by atoms with Crippen molar-refractivity contribution >= 4 is 33.7 Å². The van der Waals surface area contributed by atoms with E-state index in [0.717, 1.165) is 59.0 Å². The number of piperazine rings is 1. The molecule has 2 aromatic carbocycles. The van der Waals surface area contributed by atoms with Crippen LogP contribution in [0.15, 0.2) is 64.8 Å². The van der Waals surface area contributed by atoms with Crippen LogP contribution in [0.4, 0.5) is 5.69 Å². The molecule has 1 saturated heterocycles. The van der Waals surface area contributed by atoms with Crippen LogP contribution in [0.1, 0.15) is 11.1 Å². The van der Waals surface area contributed by atoms with Gasteiger partial charge in [0.15, 0.2) is 0 Å². The molecule has 4 aromatic rings. The number of rotatable bonds is 6. The summed E-state index contributed by atoms with van der Waals surface area (Å²) in [6.07, 6.45) is 0. The van der Waals surface area contributed by atoms with E-state index in [2.05, 4.69) is 15.1 Å². The molecule has 8 heteroatoms. The summed E-state index contributed by atoms with van der Waals surface area (Å²) in [5.74, 6) is 0.000143. The molecule has 1 N–H and O–H groups in total. The number of benzene rings is 2. The fourth-order valence-electron chi connectivity index (χ4n) is 4.48. The molecular formula is C27H29N5O2S. The summed E-state index contributed by atoms with van der Waals surface area (Å²) >= 11 is 1.62. The number of aryl methyl sites for hydroxylation is 1. The lowest BCUT2D eigenvalue weighted by molar-refractivity contribution is -0.117. The average Bonchev–Trinajstić information content (AvgIpc) is 3.40. The van der Waals surface area contributed by atoms with Gasteiger partial charge in [-0.2, -0.15) is 5.10 Å². The van der Waals surface area contributed by atoms with Crippen LogP contribution in [-0.4, -0.2) is 58.2 Å². The van der Waals surface area contributed by atoms with Gasteiger partial charge in [-0.3, -0.25) is 19.4 Å². The van der Waals surface area contributed by atoms with Crippen molar-refractivity contribution in [1.29, 1.82) is 0 Å². The highest BCUT2D eigenvalue weighted by Crippen LogP contribution is 2.28. The Hall–Kier alpha value is -3.33. The van der Waals surface area contributed by atoms with Crippen LogP contribution < -0.4 is 10.9 Å². The van der Waals surface area contributed by atoms with Crippen molar-refractivity contribution < 1.29 is 4.79 Å². The number of carbonyl (C=O) groups excluding carboxylic acids is 1. The second-order valence-electron chi connectivity index (χ2n) is 9.01. The highest BCUT2D eigenvalue weighted by Gasteiger charge is 2.21. The number of hydrogen-bond donors (Lipinski definition) is 1. The van der Waals surface area contributed by atoms with Crippen LogP contribution in [0.3, 0.4) is 0 Å². The molecule has 0 unspecified atom stereocenters. The molecule has 1 amide bonds. The minimum Gasteiger partial charge on any atom is -0.325 e. The summed E-state index contributed by atoms with van der Waals surface area (Å²) in [5.41, 5.74) is 3.90. The maximum atomic E-state index is 13.2. The molecule has 2 aromatic heterocycles. The predicted molar refractivity (Wildman–Crippen MR) is 142 cm³/mol. The number of aromatic nitrogens is 2. The zero-order valence-electron chi connectivity index (χ0n) is 20.0. The molecule has 35 heavy (non-hydrogen) atoms. The zero-order chi connectivity index (χ0) is 24.4. The molecule has 7 nitrogen and oxygen atoms in total. The number of hydrogen-bond acceptors (Lipinski definition) is 6. The van der Waals surface area contributed by atoms with E-state index in [0.29, 0.717) is 18.6 Å². The summed E-state index contributed by atoms with van der Waals surface area (Å²) < 4.78 is 1.58. The molecular weight excluding hydrogens is 458 g/mol. The first-order chi connectivity index (χ1) is 17.0. The molecule has 5 rings (SSSR count). The molecule has 0 bridgehead atoms. The second-order valence-corrected chi connectivity index (χ2v) is 9.96. The molecule has 0 radical (unpaired) electrons. The Bertz CT molecular complexity index is 1410. The standard InChI is InChI=1S/C27H29N5O2S/c1-19-7-5-10-23(20(19)2)28-25(33)17-30-12-14-31(15-13-30)18-32-27(34)22-9-4-3-8-21(22)26(29-32)24-11-6-16-35-24/h3-11,16H,12-15,17-18H2,1-2H3,(H,28,33). The predicted octanol–water partition coefficient (Wildman–Crippen LogP) is 3.96. The van der Waals surface area contributed by atoms with Gasteiger partial charge >= 0.3 is 0 Å². The average molecular weight is 488 g/mol. The Morgan fingerprint density at radius 3 is 2.43 bits per heavy atom. The van der Waals surface area contributed by atoms with Crippen molar-refractivity contribution in [1.82, 2.24) is 19.6 Å². The highest BCUT2D eigenvalue weighted by atomic mass is 32.1. The Morgan fingerprint density at radius 2 is 1.69 bits per heavy atom. The third-order valence-electron chi connectivity index (χ3n) is 6.67. The van der Waals surface area contributed by atoms with E-state index in [1.165, 1.54) is 0 Å². The van der Waals surface area contributed by atoms with Crippen LogP contribution in [0.2, 0.25) is 0 Å². The van der Waals surface area contributed by atoms with Crippen molar-refractivity contribution in [2.75, 3.05) is 38.0 Å². The van der Waals surface area contributed by atoms with Gasteiger partial charge in [0, 0.05) is 37.3 Å². The maximum absolute atomic E-state index is 13.2. The normalized spacial score (nSPS) is 14.9. The van der Waals surface area contributed by atoms with Gasteiger partial charge in [-0.1, -0.05) is 36.4 Å². The fourth-order valence-corrected chi connectivity index (χ4v) is 5.21. The Balaban J connectivity index is 1.24. The zero-order valence-corrected chi connectivity index (χ0v) is 20.8. The SMILES string of the molecule is Cc1cccc(NC(=O)CN2CCN(Cn3nc(-c4cccs4)c4ccccc4c3=O)CC2)c1C. The van der Waals surface area contributed by atoms with Gasteiger partial charge in [0.25, 0.3) is 5.56 Å². The molecule has 0 spiro atoms. The third-order valence-corrected chi connectivity index (χ3v) is 7.54. The quantitative estimate of drug-likeness (QED) is 0.446. The molecule has 0 atom stereocenters. The Kier molecular flexibility index (Phi) is 6.77. The van der Waals surface area contributed by atoms with Gasteiger partial charge in [0.05, 0.1) is 23.5 Å². The van der Waals surface area contributed by atoms with E-state index < -0.39 is 0 Å². The van der Waals surface area contributed by atoms with Gasteiger partial charge in [-0.25, -0.2) is 4.68 Å². The maximum Gasteiger partial charge on any atom is 0.275 e. The lowest BCUT2D eigenvalue weighted by Gasteiger charge is -2.34. The largest absolute Gasteiger partial charge is 0.325 e. The summed E-state index contributed by atoms with van der Waals surface area (Å²) in [4.78, 5) is 31.2. The lowest BCUT2D eigenvalue weighted by atomic mass is 10.1. The molecule has 1 fully saturated rings. The molecule has 3 heterocycles. The number of nitrogens with zero attached hydrogens (tertiary/aromatic N) is 4. The summed E-state index contributed by atoms with van der Waals surface area (Å²) in [6, 6.07) is 17.7. The van der Waals surface area contributed by atoms with E-state index in [-0.39, 0.29) is 11.5 Å². The monoisotopic (exact) mass is 487 g/mol. The molecule has 180 valence electrons. The van der Waals surface area contributed by atoms with E-state index in [1.54, 1.807) is 16.0 Å².